The lowest BCUT2D eigenvalue weighted by Crippen LogP contribution is -2.21. The van der Waals surface area contributed by atoms with Crippen LogP contribution >= 0.6 is 0 Å². The Morgan fingerprint density at radius 3 is 2.71 bits per heavy atom. The van der Waals surface area contributed by atoms with E-state index in [4.69, 9.17) is 5.73 Å². The molecule has 0 saturated heterocycles. The smallest absolute Gasteiger partial charge is 0.126 e. The Labute approximate surface area is 101 Å². The maximum absolute atomic E-state index is 6.00. The molecule has 0 radical (unpaired) electrons. The van der Waals surface area contributed by atoms with E-state index in [0.29, 0.717) is 5.84 Å². The predicted molar refractivity (Wildman–Crippen MR) is 72.2 cm³/mol. The minimum Gasteiger partial charge on any atom is -0.383 e. The number of aromatic nitrogens is 1. The fourth-order valence-electron chi connectivity index (χ4n) is 1.66. The molecule has 0 amide bonds. The number of amidine groups is 1. The lowest BCUT2D eigenvalue weighted by molar-refractivity contribution is 0.583. The number of aliphatic imine (C=N–C) groups is 1. The highest BCUT2D eigenvalue weighted by molar-refractivity contribution is 6.00. The molecule has 0 unspecified atom stereocenters. The summed E-state index contributed by atoms with van der Waals surface area (Å²) in [4.78, 5) is 8.74. The number of pyridine rings is 1. The molecule has 0 aliphatic carbocycles. The van der Waals surface area contributed by atoms with Crippen molar-refractivity contribution >= 4 is 16.7 Å². The first-order valence-electron chi connectivity index (χ1n) is 5.66. The van der Waals surface area contributed by atoms with Crippen molar-refractivity contribution in [2.75, 3.05) is 0 Å². The molecular weight excluding hydrogens is 210 g/mol. The molecule has 0 spiro atoms. The van der Waals surface area contributed by atoms with Crippen molar-refractivity contribution in [2.24, 2.45) is 10.7 Å². The summed E-state index contributed by atoms with van der Waals surface area (Å²) in [6.07, 6.45) is 1.79. The highest BCUT2D eigenvalue weighted by atomic mass is 14.9. The zero-order valence-corrected chi connectivity index (χ0v) is 10.4. The van der Waals surface area contributed by atoms with Crippen LogP contribution in [0, 0.1) is 0 Å². The summed E-state index contributed by atoms with van der Waals surface area (Å²) in [7, 11) is 0. The van der Waals surface area contributed by atoms with Crippen LogP contribution in [0.15, 0.2) is 41.5 Å². The van der Waals surface area contributed by atoms with Gasteiger partial charge < -0.3 is 5.73 Å². The molecule has 0 fully saturated rings. The van der Waals surface area contributed by atoms with Gasteiger partial charge in [0.25, 0.3) is 0 Å². The van der Waals surface area contributed by atoms with Gasteiger partial charge in [-0.25, -0.2) is 0 Å². The van der Waals surface area contributed by atoms with E-state index in [0.717, 1.165) is 16.5 Å². The lowest BCUT2D eigenvalue weighted by Gasteiger charge is -2.13. The molecular formula is C14H17N3. The van der Waals surface area contributed by atoms with Gasteiger partial charge in [-0.3, -0.25) is 9.98 Å². The van der Waals surface area contributed by atoms with Crippen LogP contribution in [0.25, 0.3) is 10.9 Å². The quantitative estimate of drug-likeness (QED) is 0.601. The molecule has 0 bridgehead atoms. The first-order chi connectivity index (χ1) is 7.96. The number of benzene rings is 1. The maximum atomic E-state index is 6.00. The fraction of sp³-hybridized carbons (Fsp3) is 0.286. The second-order valence-corrected chi connectivity index (χ2v) is 5.08. The van der Waals surface area contributed by atoms with Gasteiger partial charge in [0, 0.05) is 17.1 Å². The van der Waals surface area contributed by atoms with E-state index >= 15 is 0 Å². The van der Waals surface area contributed by atoms with Crippen LogP contribution in [0.1, 0.15) is 26.3 Å². The van der Waals surface area contributed by atoms with E-state index in [1.165, 1.54) is 0 Å². The van der Waals surface area contributed by atoms with Gasteiger partial charge in [-0.15, -0.1) is 0 Å². The highest BCUT2D eigenvalue weighted by Gasteiger charge is 2.09. The normalized spacial score (nSPS) is 13.0. The molecule has 0 saturated carbocycles. The topological polar surface area (TPSA) is 51.3 Å². The number of nitrogens with two attached hydrogens (primary N) is 1. The summed E-state index contributed by atoms with van der Waals surface area (Å²) in [5.41, 5.74) is 7.76. The summed E-state index contributed by atoms with van der Waals surface area (Å²) >= 11 is 0. The monoisotopic (exact) mass is 227 g/mol. The molecule has 3 heteroatoms. The van der Waals surface area contributed by atoms with Crippen molar-refractivity contribution in [1.82, 2.24) is 4.98 Å². The Morgan fingerprint density at radius 1 is 1.24 bits per heavy atom. The van der Waals surface area contributed by atoms with Crippen molar-refractivity contribution in [3.63, 3.8) is 0 Å². The average Bonchev–Trinajstić information content (AvgIpc) is 2.26. The van der Waals surface area contributed by atoms with E-state index in [-0.39, 0.29) is 5.54 Å². The highest BCUT2D eigenvalue weighted by Crippen LogP contribution is 2.15. The lowest BCUT2D eigenvalue weighted by atomic mass is 10.1. The molecule has 2 aromatic rings. The van der Waals surface area contributed by atoms with Crippen LogP contribution in [0.5, 0.6) is 0 Å². The second kappa shape index (κ2) is 4.17. The minimum absolute atomic E-state index is 0.159. The Hall–Kier alpha value is -1.90. The van der Waals surface area contributed by atoms with Crippen molar-refractivity contribution in [2.45, 2.75) is 26.3 Å². The third-order valence-electron chi connectivity index (χ3n) is 2.35. The molecule has 1 heterocycles. The van der Waals surface area contributed by atoms with Crippen LogP contribution in [0.2, 0.25) is 0 Å². The minimum atomic E-state index is -0.159. The summed E-state index contributed by atoms with van der Waals surface area (Å²) < 4.78 is 0. The van der Waals surface area contributed by atoms with Gasteiger partial charge in [0.1, 0.15) is 5.84 Å². The van der Waals surface area contributed by atoms with Gasteiger partial charge in [-0.05, 0) is 45.0 Å². The standard InChI is InChI=1S/C14H17N3/c1-14(2,3)17-13(15)11-6-7-12-10(9-11)5-4-8-16-12/h4-9H,1-3H3,(H2,15,17). The van der Waals surface area contributed by atoms with E-state index in [9.17, 15) is 0 Å². The summed E-state index contributed by atoms with van der Waals surface area (Å²) in [6, 6.07) is 9.89. The molecule has 17 heavy (non-hydrogen) atoms. The van der Waals surface area contributed by atoms with Crippen LogP contribution in [0.3, 0.4) is 0 Å². The number of fused-ring (bicyclic) bond motifs is 1. The summed E-state index contributed by atoms with van der Waals surface area (Å²) in [6.45, 7) is 6.09. The van der Waals surface area contributed by atoms with Gasteiger partial charge in [0.15, 0.2) is 0 Å². The molecule has 3 nitrogen and oxygen atoms in total. The summed E-state index contributed by atoms with van der Waals surface area (Å²) in [5, 5.41) is 1.08. The molecule has 88 valence electrons. The van der Waals surface area contributed by atoms with Crippen molar-refractivity contribution in [3.05, 3.63) is 42.1 Å². The Morgan fingerprint density at radius 2 is 2.00 bits per heavy atom. The number of nitrogens with zero attached hydrogens (tertiary/aromatic N) is 2. The molecule has 0 atom stereocenters. The van der Waals surface area contributed by atoms with E-state index < -0.39 is 0 Å². The summed E-state index contributed by atoms with van der Waals surface area (Å²) in [5.74, 6) is 0.572. The molecule has 1 aromatic heterocycles. The molecule has 1 aromatic carbocycles. The predicted octanol–water partition coefficient (Wildman–Crippen LogP) is 2.74. The van der Waals surface area contributed by atoms with E-state index in [2.05, 4.69) is 9.98 Å². The average molecular weight is 227 g/mol. The Balaban J connectivity index is 2.47. The van der Waals surface area contributed by atoms with Crippen molar-refractivity contribution < 1.29 is 0 Å². The molecule has 2 N–H and O–H groups in total. The third kappa shape index (κ3) is 2.81. The number of hydrogen-bond acceptors (Lipinski definition) is 2. The second-order valence-electron chi connectivity index (χ2n) is 5.08. The first kappa shape index (κ1) is 11.6. The van der Waals surface area contributed by atoms with E-state index in [1.54, 1.807) is 6.20 Å². The van der Waals surface area contributed by atoms with Gasteiger partial charge in [-0.1, -0.05) is 6.07 Å². The molecule has 0 aliphatic heterocycles. The molecule has 0 aliphatic rings. The first-order valence-corrected chi connectivity index (χ1v) is 5.66. The number of rotatable bonds is 1. The van der Waals surface area contributed by atoms with Gasteiger partial charge in [0.05, 0.1) is 11.1 Å². The maximum Gasteiger partial charge on any atom is 0.126 e. The van der Waals surface area contributed by atoms with Crippen molar-refractivity contribution in [1.29, 1.82) is 0 Å². The van der Waals surface area contributed by atoms with Gasteiger partial charge >= 0.3 is 0 Å². The van der Waals surface area contributed by atoms with Crippen LogP contribution in [-0.4, -0.2) is 16.4 Å². The van der Waals surface area contributed by atoms with Crippen LogP contribution in [-0.2, 0) is 0 Å². The third-order valence-corrected chi connectivity index (χ3v) is 2.35. The largest absolute Gasteiger partial charge is 0.383 e. The zero-order chi connectivity index (χ0) is 12.5. The number of hydrogen-bond donors (Lipinski definition) is 1. The Bertz CT molecular complexity index is 565. The molecule has 2 rings (SSSR count). The van der Waals surface area contributed by atoms with Crippen LogP contribution in [0.4, 0.5) is 0 Å². The van der Waals surface area contributed by atoms with Gasteiger partial charge in [-0.2, -0.15) is 0 Å². The van der Waals surface area contributed by atoms with Crippen LogP contribution < -0.4 is 5.73 Å². The van der Waals surface area contributed by atoms with Gasteiger partial charge in [0.2, 0.25) is 0 Å². The Kier molecular flexibility index (Phi) is 2.84. The van der Waals surface area contributed by atoms with E-state index in [1.807, 2.05) is 51.1 Å². The zero-order valence-electron chi connectivity index (χ0n) is 10.4. The van der Waals surface area contributed by atoms with Crippen molar-refractivity contribution in [3.8, 4) is 0 Å². The SMILES string of the molecule is CC(C)(C)N=C(N)c1ccc2ncccc2c1. The fourth-order valence-corrected chi connectivity index (χ4v) is 1.66.